The Hall–Kier alpha value is -1.12. The molecule has 2 nitrogen and oxygen atoms in total. The molecule has 0 fully saturated rings. The molecule has 0 heterocycles. The van der Waals surface area contributed by atoms with Gasteiger partial charge in [0, 0.05) is 0 Å². The summed E-state index contributed by atoms with van der Waals surface area (Å²) in [5.74, 6) is 0. The zero-order chi connectivity index (χ0) is 9.47. The standard InChI is InChI=1S/C10H10O2/c11-9-6-5-7-3-1-2-4-8(7)10(9)12/h1-6,9-12H/t9-,10+/m1/s1/i10D. The van der Waals surface area contributed by atoms with E-state index in [9.17, 15) is 10.2 Å². The van der Waals surface area contributed by atoms with E-state index in [4.69, 9.17) is 1.37 Å². The SMILES string of the molecule is [2H][C@]1(O)c2ccccc2C=C[C@H]1O. The van der Waals surface area contributed by atoms with Gasteiger partial charge in [-0.2, -0.15) is 0 Å². The van der Waals surface area contributed by atoms with Crippen molar-refractivity contribution in [3.63, 3.8) is 0 Å². The number of hydrogen-bond donors (Lipinski definition) is 2. The average Bonchev–Trinajstić information content (AvgIpc) is 2.13. The Balaban J connectivity index is 2.61. The summed E-state index contributed by atoms with van der Waals surface area (Å²) in [6.07, 6.45) is 0.0753. The first-order chi connectivity index (χ1) is 6.12. The van der Waals surface area contributed by atoms with Crippen LogP contribution in [-0.4, -0.2) is 16.3 Å². The van der Waals surface area contributed by atoms with Gasteiger partial charge in [0.15, 0.2) is 0 Å². The predicted octanol–water partition coefficient (Wildman–Crippen LogP) is 1.11. The molecule has 0 bridgehead atoms. The number of fused-ring (bicyclic) bond motifs is 1. The van der Waals surface area contributed by atoms with Gasteiger partial charge in [-0.25, -0.2) is 0 Å². The van der Waals surface area contributed by atoms with Crippen LogP contribution in [0.4, 0.5) is 0 Å². The molecule has 0 aliphatic heterocycles. The quantitative estimate of drug-likeness (QED) is 0.601. The van der Waals surface area contributed by atoms with E-state index in [1.165, 1.54) is 6.08 Å². The molecule has 1 aromatic carbocycles. The first kappa shape index (κ1) is 6.40. The van der Waals surface area contributed by atoms with Gasteiger partial charge in [-0.3, -0.25) is 0 Å². The van der Waals surface area contributed by atoms with Crippen LogP contribution in [-0.2, 0) is 0 Å². The molecule has 1 aromatic rings. The topological polar surface area (TPSA) is 40.5 Å². The van der Waals surface area contributed by atoms with Gasteiger partial charge in [0.25, 0.3) is 0 Å². The maximum atomic E-state index is 9.66. The van der Waals surface area contributed by atoms with Gasteiger partial charge in [0.05, 0.1) is 1.37 Å². The molecule has 2 N–H and O–H groups in total. The van der Waals surface area contributed by atoms with E-state index in [2.05, 4.69) is 0 Å². The van der Waals surface area contributed by atoms with Crippen LogP contribution in [0.15, 0.2) is 30.3 Å². The second-order valence-corrected chi connectivity index (χ2v) is 2.78. The van der Waals surface area contributed by atoms with Gasteiger partial charge in [-0.05, 0) is 11.1 Å². The van der Waals surface area contributed by atoms with Crippen LogP contribution >= 0.6 is 0 Å². The van der Waals surface area contributed by atoms with Crippen LogP contribution < -0.4 is 0 Å². The molecule has 0 saturated heterocycles. The van der Waals surface area contributed by atoms with Crippen molar-refractivity contribution in [3.05, 3.63) is 41.5 Å². The van der Waals surface area contributed by atoms with Crippen molar-refractivity contribution in [2.45, 2.75) is 12.2 Å². The molecular formula is C10H10O2. The molecule has 0 amide bonds. The molecule has 62 valence electrons. The van der Waals surface area contributed by atoms with E-state index in [0.29, 0.717) is 5.56 Å². The van der Waals surface area contributed by atoms with Crippen LogP contribution in [0, 0.1) is 0 Å². The van der Waals surface area contributed by atoms with E-state index >= 15 is 0 Å². The lowest BCUT2D eigenvalue weighted by Gasteiger charge is -2.21. The monoisotopic (exact) mass is 163 g/mol. The van der Waals surface area contributed by atoms with Crippen LogP contribution in [0.2, 0.25) is 0 Å². The van der Waals surface area contributed by atoms with Gasteiger partial charge in [0.1, 0.15) is 12.2 Å². The Bertz CT molecular complexity index is 358. The third-order valence-corrected chi connectivity index (χ3v) is 1.97. The van der Waals surface area contributed by atoms with Crippen molar-refractivity contribution in [1.82, 2.24) is 0 Å². The smallest absolute Gasteiger partial charge is 0.109 e. The maximum absolute atomic E-state index is 9.66. The predicted molar refractivity (Wildman–Crippen MR) is 46.4 cm³/mol. The van der Waals surface area contributed by atoms with Crippen molar-refractivity contribution in [2.24, 2.45) is 0 Å². The van der Waals surface area contributed by atoms with Gasteiger partial charge in [-0.1, -0.05) is 36.4 Å². The molecule has 0 spiro atoms. The molecule has 2 heteroatoms. The molecule has 0 saturated carbocycles. The van der Waals surface area contributed by atoms with Crippen molar-refractivity contribution in [3.8, 4) is 0 Å². The van der Waals surface area contributed by atoms with Gasteiger partial charge >= 0.3 is 0 Å². The summed E-state index contributed by atoms with van der Waals surface area (Å²) >= 11 is 0. The zero-order valence-corrected chi connectivity index (χ0v) is 6.44. The van der Waals surface area contributed by atoms with E-state index in [1.54, 1.807) is 24.3 Å². The van der Waals surface area contributed by atoms with E-state index in [-0.39, 0.29) is 0 Å². The summed E-state index contributed by atoms with van der Waals surface area (Å²) in [6, 6.07) is 7.02. The molecule has 2 atom stereocenters. The fourth-order valence-electron chi connectivity index (χ4n) is 1.32. The Morgan fingerprint density at radius 1 is 1.25 bits per heavy atom. The molecule has 0 aromatic heterocycles. The van der Waals surface area contributed by atoms with Crippen LogP contribution in [0.3, 0.4) is 0 Å². The molecule has 1 aliphatic carbocycles. The van der Waals surface area contributed by atoms with Crippen LogP contribution in [0.5, 0.6) is 0 Å². The molecule has 0 unspecified atom stereocenters. The second kappa shape index (κ2) is 2.73. The Morgan fingerprint density at radius 3 is 2.83 bits per heavy atom. The molecule has 2 rings (SSSR count). The normalized spacial score (nSPS) is 34.2. The third kappa shape index (κ3) is 1.05. The largest absolute Gasteiger partial charge is 0.386 e. The van der Waals surface area contributed by atoms with Gasteiger partial charge < -0.3 is 10.2 Å². The second-order valence-electron chi connectivity index (χ2n) is 2.78. The molecule has 1 aliphatic rings. The Labute approximate surface area is 72.2 Å². The Kier molecular flexibility index (Phi) is 1.46. The lowest BCUT2D eigenvalue weighted by atomic mass is 9.93. The third-order valence-electron chi connectivity index (χ3n) is 1.97. The first-order valence-corrected chi connectivity index (χ1v) is 3.80. The molecule has 12 heavy (non-hydrogen) atoms. The number of aliphatic hydroxyl groups excluding tert-OH is 1. The highest BCUT2D eigenvalue weighted by molar-refractivity contribution is 5.58. The molecule has 0 radical (unpaired) electrons. The number of hydrogen-bond acceptors (Lipinski definition) is 2. The summed E-state index contributed by atoms with van der Waals surface area (Å²) in [7, 11) is 0. The van der Waals surface area contributed by atoms with Crippen molar-refractivity contribution in [2.75, 3.05) is 0 Å². The fourth-order valence-corrected chi connectivity index (χ4v) is 1.32. The average molecular weight is 163 g/mol. The highest BCUT2D eigenvalue weighted by atomic mass is 16.3. The highest BCUT2D eigenvalue weighted by Crippen LogP contribution is 2.27. The lowest BCUT2D eigenvalue weighted by molar-refractivity contribution is 0.0470. The van der Waals surface area contributed by atoms with Crippen molar-refractivity contribution < 1.29 is 11.6 Å². The number of aliphatic hydroxyl groups is 2. The minimum Gasteiger partial charge on any atom is -0.386 e. The summed E-state index contributed by atoms with van der Waals surface area (Å²) in [6.45, 7) is 0. The Morgan fingerprint density at radius 2 is 2.00 bits per heavy atom. The van der Waals surface area contributed by atoms with Crippen molar-refractivity contribution in [1.29, 1.82) is 0 Å². The van der Waals surface area contributed by atoms with Gasteiger partial charge in [-0.15, -0.1) is 0 Å². The fraction of sp³-hybridized carbons (Fsp3) is 0.200. The van der Waals surface area contributed by atoms with Crippen LogP contribution in [0.1, 0.15) is 18.6 Å². The highest BCUT2D eigenvalue weighted by Gasteiger charge is 2.20. The van der Waals surface area contributed by atoms with E-state index in [0.717, 1.165) is 5.56 Å². The zero-order valence-electron chi connectivity index (χ0n) is 7.44. The molecular weight excluding hydrogens is 152 g/mol. The van der Waals surface area contributed by atoms with E-state index in [1.807, 2.05) is 6.07 Å². The summed E-state index contributed by atoms with van der Waals surface area (Å²) in [4.78, 5) is 0. The summed E-state index contributed by atoms with van der Waals surface area (Å²) < 4.78 is 7.57. The maximum Gasteiger partial charge on any atom is 0.109 e. The minimum atomic E-state index is -1.91. The number of rotatable bonds is 0. The lowest BCUT2D eigenvalue weighted by Crippen LogP contribution is -2.19. The van der Waals surface area contributed by atoms with Gasteiger partial charge in [0.2, 0.25) is 0 Å². The first-order valence-electron chi connectivity index (χ1n) is 4.30. The van der Waals surface area contributed by atoms with Crippen LogP contribution in [0.25, 0.3) is 6.08 Å². The summed E-state index contributed by atoms with van der Waals surface area (Å²) in [5, 5.41) is 19.0. The van der Waals surface area contributed by atoms with E-state index < -0.39 is 12.2 Å². The van der Waals surface area contributed by atoms with Crippen molar-refractivity contribution >= 4 is 6.08 Å². The number of benzene rings is 1. The summed E-state index contributed by atoms with van der Waals surface area (Å²) in [5.41, 5.74) is 1.23. The minimum absolute atomic E-state index is 0.449.